The van der Waals surface area contributed by atoms with Crippen LogP contribution in [0.3, 0.4) is 0 Å². The van der Waals surface area contributed by atoms with Crippen molar-refractivity contribution >= 4 is 22.8 Å². The van der Waals surface area contributed by atoms with Gasteiger partial charge in [0, 0.05) is 11.8 Å². The van der Waals surface area contributed by atoms with Crippen LogP contribution in [0.5, 0.6) is 0 Å². The molecule has 8 nitrogen and oxygen atoms in total. The second-order valence-corrected chi connectivity index (χ2v) is 5.59. The van der Waals surface area contributed by atoms with Gasteiger partial charge in [0.2, 0.25) is 0 Å². The Bertz CT molecular complexity index is 629. The topological polar surface area (TPSA) is 111 Å². The molecule has 0 radical (unpaired) electrons. The van der Waals surface area contributed by atoms with Gasteiger partial charge < -0.3 is 0 Å². The van der Waals surface area contributed by atoms with Crippen molar-refractivity contribution in [3.8, 4) is 0 Å². The predicted molar refractivity (Wildman–Crippen MR) is 83.0 cm³/mol. The molecule has 0 aliphatic heterocycles. The van der Waals surface area contributed by atoms with E-state index in [-0.39, 0.29) is 17.1 Å². The summed E-state index contributed by atoms with van der Waals surface area (Å²) >= 11 is 0. The Balaban J connectivity index is 2.25. The van der Waals surface area contributed by atoms with Crippen molar-refractivity contribution in [1.82, 2.24) is 0 Å². The number of anilines is 1. The molecule has 0 aromatic heterocycles. The molecule has 1 N–H and O–H groups in total. The number of nitro benzene ring substituents is 2. The quantitative estimate of drug-likeness (QED) is 0.673. The minimum Gasteiger partial charge on any atom is -0.272 e. The Morgan fingerprint density at radius 1 is 1.23 bits per heavy atom. The first kappa shape index (κ1) is 15.9. The average Bonchev–Trinajstić information content (AvgIpc) is 2.48. The molecule has 0 saturated heterocycles. The van der Waals surface area contributed by atoms with E-state index >= 15 is 0 Å². The van der Waals surface area contributed by atoms with Crippen LogP contribution in [0.25, 0.3) is 0 Å². The first-order valence-corrected chi connectivity index (χ1v) is 7.15. The molecule has 1 aromatic rings. The lowest BCUT2D eigenvalue weighted by Crippen LogP contribution is -2.25. The number of nitrogens with zero attached hydrogens (tertiary/aromatic N) is 3. The van der Waals surface area contributed by atoms with Crippen LogP contribution in [0.4, 0.5) is 17.1 Å². The van der Waals surface area contributed by atoms with E-state index in [2.05, 4.69) is 24.4 Å². The third-order valence-electron chi connectivity index (χ3n) is 4.18. The summed E-state index contributed by atoms with van der Waals surface area (Å²) in [6, 6.07) is 3.48. The van der Waals surface area contributed by atoms with Crippen LogP contribution in [0.2, 0.25) is 0 Å². The van der Waals surface area contributed by atoms with Crippen LogP contribution in [-0.4, -0.2) is 15.6 Å². The summed E-state index contributed by atoms with van der Waals surface area (Å²) in [5, 5.41) is 26.1. The van der Waals surface area contributed by atoms with E-state index in [9.17, 15) is 20.2 Å². The third kappa shape index (κ3) is 3.38. The normalized spacial score (nSPS) is 23.3. The van der Waals surface area contributed by atoms with Gasteiger partial charge in [0.05, 0.1) is 15.9 Å². The summed E-state index contributed by atoms with van der Waals surface area (Å²) in [7, 11) is 0. The van der Waals surface area contributed by atoms with E-state index in [4.69, 9.17) is 0 Å². The van der Waals surface area contributed by atoms with E-state index in [0.29, 0.717) is 11.8 Å². The van der Waals surface area contributed by atoms with Crippen molar-refractivity contribution < 1.29 is 9.85 Å². The van der Waals surface area contributed by atoms with Crippen molar-refractivity contribution in [2.75, 3.05) is 5.43 Å². The maximum Gasteiger partial charge on any atom is 0.301 e. The summed E-state index contributed by atoms with van der Waals surface area (Å²) in [6.45, 7) is 4.25. The number of hydrogen-bond donors (Lipinski definition) is 1. The number of nitro groups is 2. The summed E-state index contributed by atoms with van der Waals surface area (Å²) < 4.78 is 0. The summed E-state index contributed by atoms with van der Waals surface area (Å²) in [5.41, 5.74) is 3.18. The molecule has 0 heterocycles. The van der Waals surface area contributed by atoms with Crippen molar-refractivity contribution in [1.29, 1.82) is 0 Å². The predicted octanol–water partition coefficient (Wildman–Crippen LogP) is 3.73. The molecule has 118 valence electrons. The Kier molecular flexibility index (Phi) is 4.69. The van der Waals surface area contributed by atoms with Crippen LogP contribution in [-0.2, 0) is 0 Å². The van der Waals surface area contributed by atoms with Gasteiger partial charge in [-0.15, -0.1) is 0 Å². The molecule has 1 saturated carbocycles. The molecular formula is C14H18N4O4. The second-order valence-electron chi connectivity index (χ2n) is 5.59. The van der Waals surface area contributed by atoms with Crippen LogP contribution in [0.15, 0.2) is 23.3 Å². The number of non-ortho nitro benzene ring substituents is 1. The van der Waals surface area contributed by atoms with Crippen LogP contribution < -0.4 is 5.43 Å². The van der Waals surface area contributed by atoms with Crippen molar-refractivity contribution in [3.63, 3.8) is 0 Å². The van der Waals surface area contributed by atoms with Gasteiger partial charge in [-0.3, -0.25) is 25.7 Å². The first-order valence-electron chi connectivity index (χ1n) is 7.15. The van der Waals surface area contributed by atoms with Gasteiger partial charge in [-0.2, -0.15) is 5.10 Å². The van der Waals surface area contributed by atoms with Crippen LogP contribution in [0.1, 0.15) is 33.1 Å². The zero-order valence-electron chi connectivity index (χ0n) is 12.5. The molecule has 1 aromatic carbocycles. The van der Waals surface area contributed by atoms with Gasteiger partial charge >= 0.3 is 5.69 Å². The standard InChI is InChI=1S/C14H18N4O4/c1-9-4-3-5-12(10(9)2)15-16-13-7-6-11(17(19)20)8-14(13)18(21)22/h6-10,16H,3-5H2,1-2H3/b15-12+/t9-,10+/m0/s1. The zero-order chi connectivity index (χ0) is 16.3. The van der Waals surface area contributed by atoms with Gasteiger partial charge in [-0.05, 0) is 37.2 Å². The van der Waals surface area contributed by atoms with E-state index < -0.39 is 9.85 Å². The lowest BCUT2D eigenvalue weighted by molar-refractivity contribution is -0.393. The lowest BCUT2D eigenvalue weighted by Gasteiger charge is -2.27. The van der Waals surface area contributed by atoms with E-state index in [1.807, 2.05) is 0 Å². The SMILES string of the molecule is C[C@H]1CCC/C(=N\Nc2ccc([N+](=O)[O-])cc2[N+](=O)[O-])[C@@H]1C. The number of rotatable bonds is 4. The van der Waals surface area contributed by atoms with E-state index in [1.54, 1.807) is 0 Å². The molecule has 1 aliphatic carbocycles. The number of hydrogen-bond acceptors (Lipinski definition) is 6. The highest BCUT2D eigenvalue weighted by Gasteiger charge is 2.24. The van der Waals surface area contributed by atoms with Gasteiger partial charge in [0.1, 0.15) is 5.69 Å². The maximum absolute atomic E-state index is 11.1. The number of hydrazone groups is 1. The van der Waals surface area contributed by atoms with Gasteiger partial charge in [0.25, 0.3) is 5.69 Å². The fraction of sp³-hybridized carbons (Fsp3) is 0.500. The second kappa shape index (κ2) is 6.50. The molecule has 1 aliphatic rings. The highest BCUT2D eigenvalue weighted by atomic mass is 16.6. The fourth-order valence-corrected chi connectivity index (χ4v) is 2.58. The summed E-state index contributed by atoms with van der Waals surface area (Å²) in [6.07, 6.45) is 3.06. The largest absolute Gasteiger partial charge is 0.301 e. The molecule has 8 heteroatoms. The minimum atomic E-state index is -0.659. The van der Waals surface area contributed by atoms with E-state index in [1.165, 1.54) is 12.1 Å². The van der Waals surface area contributed by atoms with Gasteiger partial charge in [-0.25, -0.2) is 0 Å². The maximum atomic E-state index is 11.1. The molecule has 0 spiro atoms. The molecule has 0 unspecified atom stereocenters. The van der Waals surface area contributed by atoms with Gasteiger partial charge in [-0.1, -0.05) is 13.8 Å². The molecule has 0 bridgehead atoms. The Morgan fingerprint density at radius 3 is 2.59 bits per heavy atom. The summed E-state index contributed by atoms with van der Waals surface area (Å²) in [4.78, 5) is 20.5. The van der Waals surface area contributed by atoms with Crippen molar-refractivity contribution in [2.45, 2.75) is 33.1 Å². The number of nitrogens with one attached hydrogen (secondary N) is 1. The Hall–Kier alpha value is -2.51. The fourth-order valence-electron chi connectivity index (χ4n) is 2.58. The first-order chi connectivity index (χ1) is 10.4. The van der Waals surface area contributed by atoms with Crippen molar-refractivity contribution in [3.05, 3.63) is 38.4 Å². The highest BCUT2D eigenvalue weighted by Crippen LogP contribution is 2.30. The lowest BCUT2D eigenvalue weighted by atomic mass is 9.80. The number of benzene rings is 1. The van der Waals surface area contributed by atoms with Crippen LogP contribution in [0, 0.1) is 32.1 Å². The van der Waals surface area contributed by atoms with Gasteiger partial charge in [0.15, 0.2) is 0 Å². The molecule has 0 amide bonds. The average molecular weight is 306 g/mol. The Labute approximate surface area is 127 Å². The highest BCUT2D eigenvalue weighted by molar-refractivity contribution is 5.88. The molecule has 2 atom stereocenters. The van der Waals surface area contributed by atoms with E-state index in [0.717, 1.165) is 31.0 Å². The summed E-state index contributed by atoms with van der Waals surface area (Å²) in [5.74, 6) is 0.847. The molecule has 22 heavy (non-hydrogen) atoms. The third-order valence-corrected chi connectivity index (χ3v) is 4.18. The smallest absolute Gasteiger partial charge is 0.272 e. The minimum absolute atomic E-state index is 0.161. The molecule has 2 rings (SSSR count). The zero-order valence-corrected chi connectivity index (χ0v) is 12.5. The Morgan fingerprint density at radius 2 is 1.95 bits per heavy atom. The molecule has 1 fully saturated rings. The van der Waals surface area contributed by atoms with Crippen molar-refractivity contribution in [2.24, 2.45) is 16.9 Å². The van der Waals surface area contributed by atoms with Crippen LogP contribution >= 0.6 is 0 Å². The molecular weight excluding hydrogens is 288 g/mol. The monoisotopic (exact) mass is 306 g/mol.